The summed E-state index contributed by atoms with van der Waals surface area (Å²) in [5.74, 6) is -1.12. The molecule has 0 heterocycles. The molecule has 0 unspecified atom stereocenters. The molecular formula is C36H71NO4. The number of likely N-dealkylation sites (N-methyl/N-ethyl adjacent to an activating group) is 1. The molecule has 244 valence electrons. The zero-order chi connectivity index (χ0) is 30.4. The SMILES string of the molecule is CCCCCCCCCCCCCCC(CCCCCCCCCCCCCC)OC(=O)CC[C@@H](C(=O)O)N(C)C. The van der Waals surface area contributed by atoms with Gasteiger partial charge in [0, 0.05) is 6.42 Å². The fraction of sp³-hybridized carbons (Fsp3) is 0.944. The minimum Gasteiger partial charge on any atom is -0.480 e. The van der Waals surface area contributed by atoms with E-state index in [0.717, 1.165) is 25.7 Å². The first-order valence-corrected chi connectivity index (χ1v) is 18.0. The molecule has 0 bridgehead atoms. The van der Waals surface area contributed by atoms with E-state index in [2.05, 4.69) is 13.8 Å². The number of rotatable bonds is 32. The van der Waals surface area contributed by atoms with E-state index in [1.165, 1.54) is 141 Å². The van der Waals surface area contributed by atoms with Crippen LogP contribution < -0.4 is 0 Å². The third kappa shape index (κ3) is 27.5. The van der Waals surface area contributed by atoms with Gasteiger partial charge in [0.25, 0.3) is 0 Å². The van der Waals surface area contributed by atoms with Crippen LogP contribution in [0, 0.1) is 0 Å². The second kappa shape index (κ2) is 30.4. The molecule has 0 aromatic rings. The van der Waals surface area contributed by atoms with Gasteiger partial charge in [-0.2, -0.15) is 0 Å². The second-order valence-electron chi connectivity index (χ2n) is 12.8. The van der Waals surface area contributed by atoms with Crippen molar-refractivity contribution in [3.8, 4) is 0 Å². The van der Waals surface area contributed by atoms with Crippen LogP contribution in [0.1, 0.15) is 194 Å². The molecule has 0 saturated heterocycles. The Hall–Kier alpha value is -1.10. The van der Waals surface area contributed by atoms with Crippen LogP contribution in [-0.2, 0) is 14.3 Å². The highest BCUT2D eigenvalue weighted by Crippen LogP contribution is 2.19. The quantitative estimate of drug-likeness (QED) is 0.0632. The zero-order valence-electron chi connectivity index (χ0n) is 28.1. The molecular weight excluding hydrogens is 510 g/mol. The van der Waals surface area contributed by atoms with Gasteiger partial charge in [0.2, 0.25) is 0 Å². The molecule has 1 N–H and O–H groups in total. The van der Waals surface area contributed by atoms with E-state index in [0.29, 0.717) is 6.42 Å². The lowest BCUT2D eigenvalue weighted by Crippen LogP contribution is -2.36. The van der Waals surface area contributed by atoms with Crippen LogP contribution in [0.4, 0.5) is 0 Å². The maximum atomic E-state index is 12.6. The third-order valence-corrected chi connectivity index (χ3v) is 8.59. The zero-order valence-corrected chi connectivity index (χ0v) is 28.1. The molecule has 0 aliphatic heterocycles. The predicted molar refractivity (Wildman–Crippen MR) is 176 cm³/mol. The van der Waals surface area contributed by atoms with Crippen LogP contribution in [0.3, 0.4) is 0 Å². The van der Waals surface area contributed by atoms with Crippen molar-refractivity contribution in [3.63, 3.8) is 0 Å². The van der Waals surface area contributed by atoms with E-state index in [-0.39, 0.29) is 18.5 Å². The molecule has 0 fully saturated rings. The van der Waals surface area contributed by atoms with Crippen LogP contribution >= 0.6 is 0 Å². The van der Waals surface area contributed by atoms with Crippen molar-refractivity contribution >= 4 is 11.9 Å². The summed E-state index contributed by atoms with van der Waals surface area (Å²) in [7, 11) is 3.49. The standard InChI is InChI=1S/C36H71NO4/c1-5-7-9-11-13-15-17-19-21-23-25-27-29-33(41-35(38)32-31-34(36(39)40)37(3)4)30-28-26-24-22-20-18-16-14-12-10-8-6-2/h33-34H,5-32H2,1-4H3,(H,39,40)/t34-/m0/s1. The summed E-state index contributed by atoms with van der Waals surface area (Å²) in [6, 6.07) is -0.645. The second-order valence-corrected chi connectivity index (χ2v) is 12.8. The van der Waals surface area contributed by atoms with Crippen LogP contribution in [0.25, 0.3) is 0 Å². The van der Waals surface area contributed by atoms with Gasteiger partial charge in [-0.25, -0.2) is 0 Å². The minimum atomic E-state index is -0.882. The van der Waals surface area contributed by atoms with E-state index in [4.69, 9.17) is 4.74 Å². The average molecular weight is 582 g/mol. The maximum absolute atomic E-state index is 12.6. The highest BCUT2D eigenvalue weighted by atomic mass is 16.5. The number of hydrogen-bond donors (Lipinski definition) is 1. The van der Waals surface area contributed by atoms with Crippen molar-refractivity contribution in [3.05, 3.63) is 0 Å². The molecule has 5 nitrogen and oxygen atoms in total. The number of hydrogen-bond acceptors (Lipinski definition) is 4. The number of aliphatic carboxylic acids is 1. The van der Waals surface area contributed by atoms with E-state index >= 15 is 0 Å². The maximum Gasteiger partial charge on any atom is 0.320 e. The number of nitrogens with zero attached hydrogens (tertiary/aromatic N) is 1. The molecule has 0 aromatic carbocycles. The Morgan fingerprint density at radius 3 is 1.15 bits per heavy atom. The van der Waals surface area contributed by atoms with Crippen molar-refractivity contribution in [1.29, 1.82) is 0 Å². The Balaban J connectivity index is 4.21. The molecule has 0 amide bonds. The number of esters is 1. The lowest BCUT2D eigenvalue weighted by Gasteiger charge is -2.21. The van der Waals surface area contributed by atoms with Gasteiger partial charge in [0.15, 0.2) is 0 Å². The lowest BCUT2D eigenvalue weighted by atomic mass is 10.0. The largest absolute Gasteiger partial charge is 0.480 e. The van der Waals surface area contributed by atoms with Crippen molar-refractivity contribution in [1.82, 2.24) is 4.90 Å². The topological polar surface area (TPSA) is 66.8 Å². The number of carbonyl (C=O) groups is 2. The summed E-state index contributed by atoms with van der Waals surface area (Å²) < 4.78 is 5.91. The van der Waals surface area contributed by atoms with E-state index < -0.39 is 12.0 Å². The Morgan fingerprint density at radius 2 is 0.854 bits per heavy atom. The van der Waals surface area contributed by atoms with Gasteiger partial charge in [-0.15, -0.1) is 0 Å². The molecule has 0 radical (unpaired) electrons. The summed E-state index contributed by atoms with van der Waals surface area (Å²) in [6.45, 7) is 4.54. The van der Waals surface area contributed by atoms with Crippen molar-refractivity contribution in [2.75, 3.05) is 14.1 Å². The fourth-order valence-electron chi connectivity index (χ4n) is 5.79. The average Bonchev–Trinajstić information content (AvgIpc) is 2.93. The van der Waals surface area contributed by atoms with Gasteiger partial charge in [-0.05, 0) is 46.2 Å². The van der Waals surface area contributed by atoms with E-state index in [1.807, 2.05) is 0 Å². The fourth-order valence-corrected chi connectivity index (χ4v) is 5.79. The van der Waals surface area contributed by atoms with Crippen LogP contribution in [-0.4, -0.2) is 48.2 Å². The molecule has 41 heavy (non-hydrogen) atoms. The van der Waals surface area contributed by atoms with Crippen molar-refractivity contribution < 1.29 is 19.4 Å². The first kappa shape index (κ1) is 39.9. The van der Waals surface area contributed by atoms with Crippen molar-refractivity contribution in [2.24, 2.45) is 0 Å². The van der Waals surface area contributed by atoms with Gasteiger partial charge < -0.3 is 9.84 Å². The monoisotopic (exact) mass is 582 g/mol. The molecule has 0 aromatic heterocycles. The van der Waals surface area contributed by atoms with E-state index in [9.17, 15) is 14.7 Å². The predicted octanol–water partition coefficient (Wildman–Crippen LogP) is 10.9. The summed E-state index contributed by atoms with van der Waals surface area (Å²) >= 11 is 0. The first-order valence-electron chi connectivity index (χ1n) is 18.0. The number of carbonyl (C=O) groups excluding carboxylic acids is 1. The van der Waals surface area contributed by atoms with Crippen LogP contribution in [0.2, 0.25) is 0 Å². The Morgan fingerprint density at radius 1 is 0.537 bits per heavy atom. The number of carboxylic acids is 1. The molecule has 1 atom stereocenters. The smallest absolute Gasteiger partial charge is 0.320 e. The Bertz CT molecular complexity index is 552. The number of unbranched alkanes of at least 4 members (excludes halogenated alkanes) is 22. The van der Waals surface area contributed by atoms with Gasteiger partial charge in [-0.3, -0.25) is 14.5 Å². The van der Waals surface area contributed by atoms with Crippen LogP contribution in [0.5, 0.6) is 0 Å². The Labute approximate surface area is 256 Å². The summed E-state index contributed by atoms with van der Waals surface area (Å²) in [5.41, 5.74) is 0. The first-order chi connectivity index (χ1) is 19.9. The van der Waals surface area contributed by atoms with Gasteiger partial charge >= 0.3 is 11.9 Å². The van der Waals surface area contributed by atoms with Gasteiger partial charge in [0.05, 0.1) is 0 Å². The summed E-state index contributed by atoms with van der Waals surface area (Å²) in [4.78, 5) is 25.7. The van der Waals surface area contributed by atoms with Crippen LogP contribution in [0.15, 0.2) is 0 Å². The highest BCUT2D eigenvalue weighted by Gasteiger charge is 2.22. The highest BCUT2D eigenvalue weighted by molar-refractivity contribution is 5.75. The lowest BCUT2D eigenvalue weighted by molar-refractivity contribution is -0.151. The Kier molecular flexibility index (Phi) is 29.5. The summed E-state index contributed by atoms with van der Waals surface area (Å²) in [6.07, 6.45) is 34.2. The third-order valence-electron chi connectivity index (χ3n) is 8.59. The molecule has 0 aliphatic rings. The molecule has 0 saturated carbocycles. The number of ether oxygens (including phenoxy) is 1. The van der Waals surface area contributed by atoms with Crippen molar-refractivity contribution in [2.45, 2.75) is 206 Å². The van der Waals surface area contributed by atoms with E-state index in [1.54, 1.807) is 19.0 Å². The normalized spacial score (nSPS) is 12.3. The minimum absolute atomic E-state index is 0.0172. The molecule has 0 rings (SSSR count). The van der Waals surface area contributed by atoms with Gasteiger partial charge in [-0.1, -0.05) is 155 Å². The van der Waals surface area contributed by atoms with Gasteiger partial charge in [0.1, 0.15) is 12.1 Å². The number of carboxylic acid groups (broad SMARTS) is 1. The molecule has 0 spiro atoms. The molecule has 5 heteroatoms. The molecule has 0 aliphatic carbocycles. The summed E-state index contributed by atoms with van der Waals surface area (Å²) in [5, 5.41) is 9.40.